The van der Waals surface area contributed by atoms with Gasteiger partial charge in [0.25, 0.3) is 0 Å². The second kappa shape index (κ2) is 7.64. The summed E-state index contributed by atoms with van der Waals surface area (Å²) in [5.74, 6) is -0.251. The van der Waals surface area contributed by atoms with Crippen molar-refractivity contribution < 1.29 is 9.59 Å². The third-order valence-corrected chi connectivity index (χ3v) is 3.51. The van der Waals surface area contributed by atoms with Crippen molar-refractivity contribution in [2.75, 3.05) is 19.6 Å². The van der Waals surface area contributed by atoms with Crippen molar-refractivity contribution in [1.82, 2.24) is 15.5 Å². The summed E-state index contributed by atoms with van der Waals surface area (Å²) in [6, 6.07) is 7.51. The molecule has 6 heteroatoms. The van der Waals surface area contributed by atoms with Crippen LogP contribution < -0.4 is 16.4 Å². The summed E-state index contributed by atoms with van der Waals surface area (Å²) >= 11 is 0. The van der Waals surface area contributed by atoms with Gasteiger partial charge in [0.2, 0.25) is 5.91 Å². The van der Waals surface area contributed by atoms with Crippen LogP contribution in [0.2, 0.25) is 0 Å². The maximum absolute atomic E-state index is 11.5. The van der Waals surface area contributed by atoms with Crippen LogP contribution in [0, 0.1) is 0 Å². The monoisotopic (exact) mass is 290 g/mol. The van der Waals surface area contributed by atoms with E-state index in [0.717, 1.165) is 12.1 Å². The van der Waals surface area contributed by atoms with Crippen LogP contribution in [0.1, 0.15) is 24.0 Å². The Morgan fingerprint density at radius 1 is 1.14 bits per heavy atom. The van der Waals surface area contributed by atoms with Gasteiger partial charge in [0.15, 0.2) is 0 Å². The van der Waals surface area contributed by atoms with Gasteiger partial charge in [0, 0.05) is 13.1 Å². The first-order valence-corrected chi connectivity index (χ1v) is 7.23. The number of rotatable bonds is 6. The Kier molecular flexibility index (Phi) is 5.57. The molecular formula is C15H22N4O2. The SMILES string of the molecule is NC(=O)NCC(=O)NCc1cccc(CN2CCCC2)c1. The summed E-state index contributed by atoms with van der Waals surface area (Å²) in [6.07, 6.45) is 2.56. The number of nitrogens with zero attached hydrogens (tertiary/aromatic N) is 1. The molecular weight excluding hydrogens is 268 g/mol. The molecule has 0 aliphatic carbocycles. The first kappa shape index (κ1) is 15.3. The first-order valence-electron chi connectivity index (χ1n) is 7.23. The second-order valence-electron chi connectivity index (χ2n) is 5.30. The molecule has 1 aromatic carbocycles. The zero-order chi connectivity index (χ0) is 15.1. The van der Waals surface area contributed by atoms with Crippen LogP contribution in [0.5, 0.6) is 0 Å². The molecule has 1 heterocycles. The molecule has 2 rings (SSSR count). The molecule has 0 bridgehead atoms. The lowest BCUT2D eigenvalue weighted by Crippen LogP contribution is -2.39. The smallest absolute Gasteiger partial charge is 0.312 e. The molecule has 0 spiro atoms. The minimum atomic E-state index is -0.697. The van der Waals surface area contributed by atoms with E-state index >= 15 is 0 Å². The molecule has 0 unspecified atom stereocenters. The van der Waals surface area contributed by atoms with Gasteiger partial charge in [-0.25, -0.2) is 4.79 Å². The van der Waals surface area contributed by atoms with E-state index in [1.54, 1.807) is 0 Å². The number of benzene rings is 1. The summed E-state index contributed by atoms with van der Waals surface area (Å²) in [6.45, 7) is 3.65. The van der Waals surface area contributed by atoms with E-state index in [4.69, 9.17) is 5.73 Å². The van der Waals surface area contributed by atoms with Crippen LogP contribution in [-0.4, -0.2) is 36.5 Å². The number of carbonyl (C=O) groups is 2. The third-order valence-electron chi connectivity index (χ3n) is 3.51. The van der Waals surface area contributed by atoms with E-state index in [0.29, 0.717) is 6.54 Å². The molecule has 1 aliphatic rings. The van der Waals surface area contributed by atoms with E-state index in [1.165, 1.54) is 31.5 Å². The minimum Gasteiger partial charge on any atom is -0.352 e. The van der Waals surface area contributed by atoms with Crippen LogP contribution >= 0.6 is 0 Å². The van der Waals surface area contributed by atoms with Gasteiger partial charge in [0.05, 0.1) is 6.54 Å². The summed E-state index contributed by atoms with van der Waals surface area (Å²) < 4.78 is 0. The molecule has 0 atom stereocenters. The predicted molar refractivity (Wildman–Crippen MR) is 80.4 cm³/mol. The van der Waals surface area contributed by atoms with Crippen molar-refractivity contribution in [2.24, 2.45) is 5.73 Å². The van der Waals surface area contributed by atoms with Gasteiger partial charge in [-0.15, -0.1) is 0 Å². The fourth-order valence-corrected chi connectivity index (χ4v) is 2.47. The summed E-state index contributed by atoms with van der Waals surface area (Å²) in [4.78, 5) is 24.4. The van der Waals surface area contributed by atoms with Gasteiger partial charge >= 0.3 is 6.03 Å². The van der Waals surface area contributed by atoms with Gasteiger partial charge in [-0.05, 0) is 37.1 Å². The topological polar surface area (TPSA) is 87.5 Å². The maximum atomic E-state index is 11.5. The average molecular weight is 290 g/mol. The van der Waals surface area contributed by atoms with Gasteiger partial charge in [-0.3, -0.25) is 9.69 Å². The van der Waals surface area contributed by atoms with Crippen molar-refractivity contribution in [3.05, 3.63) is 35.4 Å². The minimum absolute atomic E-state index is 0.0944. The molecule has 4 N–H and O–H groups in total. The summed E-state index contributed by atoms with van der Waals surface area (Å²) in [7, 11) is 0. The highest BCUT2D eigenvalue weighted by atomic mass is 16.2. The highest BCUT2D eigenvalue weighted by Crippen LogP contribution is 2.13. The third kappa shape index (κ3) is 5.43. The van der Waals surface area contributed by atoms with Crippen LogP contribution in [0.3, 0.4) is 0 Å². The van der Waals surface area contributed by atoms with Gasteiger partial charge < -0.3 is 16.4 Å². The lowest BCUT2D eigenvalue weighted by Gasteiger charge is -2.15. The molecule has 21 heavy (non-hydrogen) atoms. The molecule has 1 fully saturated rings. The zero-order valence-corrected chi connectivity index (χ0v) is 12.1. The number of urea groups is 1. The van der Waals surface area contributed by atoms with Crippen LogP contribution in [-0.2, 0) is 17.9 Å². The number of amides is 3. The normalized spacial score (nSPS) is 14.9. The molecule has 1 aliphatic heterocycles. The number of likely N-dealkylation sites (tertiary alicyclic amines) is 1. The van der Waals surface area contributed by atoms with Crippen molar-refractivity contribution in [2.45, 2.75) is 25.9 Å². The predicted octanol–water partition coefficient (Wildman–Crippen LogP) is 0.567. The Morgan fingerprint density at radius 2 is 1.86 bits per heavy atom. The fraction of sp³-hybridized carbons (Fsp3) is 0.467. The highest BCUT2D eigenvalue weighted by molar-refractivity contribution is 5.83. The second-order valence-corrected chi connectivity index (χ2v) is 5.30. The van der Waals surface area contributed by atoms with Crippen LogP contribution in [0.15, 0.2) is 24.3 Å². The largest absolute Gasteiger partial charge is 0.352 e. The molecule has 114 valence electrons. The Morgan fingerprint density at radius 3 is 2.57 bits per heavy atom. The summed E-state index contributed by atoms with van der Waals surface area (Å²) in [5, 5.41) is 5.01. The average Bonchev–Trinajstić information content (AvgIpc) is 2.96. The maximum Gasteiger partial charge on any atom is 0.312 e. The number of carbonyl (C=O) groups excluding carboxylic acids is 2. The highest BCUT2D eigenvalue weighted by Gasteiger charge is 2.11. The van der Waals surface area contributed by atoms with Crippen molar-refractivity contribution >= 4 is 11.9 Å². The molecule has 1 saturated heterocycles. The molecule has 0 aromatic heterocycles. The van der Waals surface area contributed by atoms with Crippen LogP contribution in [0.4, 0.5) is 4.79 Å². The Labute approximate surface area is 124 Å². The van der Waals surface area contributed by atoms with E-state index in [-0.39, 0.29) is 12.5 Å². The zero-order valence-electron chi connectivity index (χ0n) is 12.1. The van der Waals surface area contributed by atoms with Crippen molar-refractivity contribution in [3.8, 4) is 0 Å². The number of hydrogen-bond acceptors (Lipinski definition) is 3. The van der Waals surface area contributed by atoms with Gasteiger partial charge in [0.1, 0.15) is 0 Å². The van der Waals surface area contributed by atoms with E-state index < -0.39 is 6.03 Å². The fourth-order valence-electron chi connectivity index (χ4n) is 2.47. The van der Waals surface area contributed by atoms with E-state index in [2.05, 4.69) is 27.7 Å². The lowest BCUT2D eigenvalue weighted by molar-refractivity contribution is -0.120. The summed E-state index contributed by atoms with van der Waals surface area (Å²) in [5.41, 5.74) is 7.23. The first-order chi connectivity index (χ1) is 10.1. The van der Waals surface area contributed by atoms with Crippen molar-refractivity contribution in [1.29, 1.82) is 0 Å². The quantitative estimate of drug-likeness (QED) is 0.715. The molecule has 0 radical (unpaired) electrons. The molecule has 6 nitrogen and oxygen atoms in total. The lowest BCUT2D eigenvalue weighted by atomic mass is 10.1. The Balaban J connectivity index is 1.80. The van der Waals surface area contributed by atoms with Gasteiger partial charge in [-0.1, -0.05) is 24.3 Å². The number of hydrogen-bond donors (Lipinski definition) is 3. The van der Waals surface area contributed by atoms with Crippen LogP contribution in [0.25, 0.3) is 0 Å². The van der Waals surface area contributed by atoms with E-state index in [9.17, 15) is 9.59 Å². The van der Waals surface area contributed by atoms with Gasteiger partial charge in [-0.2, -0.15) is 0 Å². The molecule has 1 aromatic rings. The molecule has 3 amide bonds. The number of primary amides is 1. The Hall–Kier alpha value is -2.08. The van der Waals surface area contributed by atoms with Crippen molar-refractivity contribution in [3.63, 3.8) is 0 Å². The number of nitrogens with one attached hydrogen (secondary N) is 2. The standard InChI is InChI=1S/C15H22N4O2/c16-15(21)18-10-14(20)17-9-12-4-3-5-13(8-12)11-19-6-1-2-7-19/h3-5,8H,1-2,6-7,9-11H2,(H,17,20)(H3,16,18,21). The Bertz CT molecular complexity index is 498. The molecule has 0 saturated carbocycles. The number of nitrogens with two attached hydrogens (primary N) is 1. The van der Waals surface area contributed by atoms with E-state index in [1.807, 2.05) is 12.1 Å².